The van der Waals surface area contributed by atoms with Crippen molar-refractivity contribution in [2.45, 2.75) is 13.3 Å². The Kier molecular flexibility index (Phi) is 7.71. The van der Waals surface area contributed by atoms with Crippen LogP contribution in [0.15, 0.2) is 48.5 Å². The van der Waals surface area contributed by atoms with Gasteiger partial charge in [-0.3, -0.25) is 9.10 Å². The van der Waals surface area contributed by atoms with Gasteiger partial charge in [-0.25, -0.2) is 8.42 Å². The highest BCUT2D eigenvalue weighted by Gasteiger charge is 2.22. The van der Waals surface area contributed by atoms with E-state index in [1.54, 1.807) is 25.1 Å². The molecule has 2 aromatic rings. The minimum absolute atomic E-state index is 0.283. The maximum atomic E-state index is 12.3. The number of aryl methyl sites for hydroxylation is 1. The van der Waals surface area contributed by atoms with Crippen molar-refractivity contribution in [3.8, 4) is 0 Å². The Morgan fingerprint density at radius 1 is 1.14 bits per heavy atom. The van der Waals surface area contributed by atoms with E-state index >= 15 is 0 Å². The maximum absolute atomic E-state index is 12.3. The predicted octanol–water partition coefficient (Wildman–Crippen LogP) is 3.06. The third-order valence-corrected chi connectivity index (χ3v) is 5.68. The molecule has 0 aliphatic rings. The number of nitrogens with one attached hydrogen (secondary N) is 1. The van der Waals surface area contributed by atoms with Crippen LogP contribution in [0, 0.1) is 6.92 Å². The molecule has 1 N–H and O–H groups in total. The summed E-state index contributed by atoms with van der Waals surface area (Å²) >= 11 is 6.00. The van der Waals surface area contributed by atoms with Crippen LogP contribution in [0.2, 0.25) is 5.02 Å². The van der Waals surface area contributed by atoms with Crippen LogP contribution >= 0.6 is 11.6 Å². The van der Waals surface area contributed by atoms with E-state index in [9.17, 15) is 13.2 Å². The van der Waals surface area contributed by atoms with Gasteiger partial charge in [-0.2, -0.15) is 0 Å². The van der Waals surface area contributed by atoms with Gasteiger partial charge in [-0.05, 0) is 43.2 Å². The number of benzene rings is 2. The molecule has 0 aliphatic carbocycles. The van der Waals surface area contributed by atoms with Crippen molar-refractivity contribution >= 4 is 38.9 Å². The summed E-state index contributed by atoms with van der Waals surface area (Å²) in [7, 11) is -1.64. The van der Waals surface area contributed by atoms with E-state index in [0.717, 1.165) is 34.8 Å². The van der Waals surface area contributed by atoms with Gasteiger partial charge >= 0.3 is 0 Å². The number of halogens is 1. The van der Waals surface area contributed by atoms with Crippen LogP contribution < -0.4 is 14.5 Å². The molecule has 0 unspecified atom stereocenters. The van der Waals surface area contributed by atoms with Crippen LogP contribution in [-0.2, 0) is 14.8 Å². The number of amides is 1. The van der Waals surface area contributed by atoms with Crippen LogP contribution in [0.5, 0.6) is 0 Å². The Morgan fingerprint density at radius 3 is 2.46 bits per heavy atom. The van der Waals surface area contributed by atoms with E-state index in [2.05, 4.69) is 10.2 Å². The van der Waals surface area contributed by atoms with E-state index in [-0.39, 0.29) is 12.5 Å². The first-order valence-corrected chi connectivity index (χ1v) is 11.2. The number of rotatable bonds is 9. The minimum atomic E-state index is -3.63. The molecule has 0 saturated carbocycles. The second-order valence-electron chi connectivity index (χ2n) is 6.66. The lowest BCUT2D eigenvalue weighted by atomic mass is 10.2. The molecule has 8 heteroatoms. The standard InChI is InChI=1S/C20H26ClN3O3S/c1-16-10-11-17(21)14-19(16)24(28(3,26)27)15-20(25)22-12-7-13-23(2)18-8-5-4-6-9-18/h4-6,8-11,14H,7,12-13,15H2,1-3H3,(H,22,25). The fraction of sp³-hybridized carbons (Fsp3) is 0.350. The van der Waals surface area contributed by atoms with Crippen molar-refractivity contribution in [2.24, 2.45) is 0 Å². The fourth-order valence-corrected chi connectivity index (χ4v) is 3.85. The lowest BCUT2D eigenvalue weighted by molar-refractivity contribution is -0.119. The third-order valence-electron chi connectivity index (χ3n) is 4.32. The van der Waals surface area contributed by atoms with Gasteiger partial charge in [0.15, 0.2) is 0 Å². The highest BCUT2D eigenvalue weighted by molar-refractivity contribution is 7.92. The van der Waals surface area contributed by atoms with Gasteiger partial charge < -0.3 is 10.2 Å². The topological polar surface area (TPSA) is 69.7 Å². The van der Waals surface area contributed by atoms with Crippen molar-refractivity contribution in [1.82, 2.24) is 5.32 Å². The summed E-state index contributed by atoms with van der Waals surface area (Å²) in [5.41, 5.74) is 2.24. The number of sulfonamides is 1. The molecule has 0 heterocycles. The van der Waals surface area contributed by atoms with Gasteiger partial charge in [-0.1, -0.05) is 35.9 Å². The summed E-state index contributed by atoms with van der Waals surface area (Å²) in [6.07, 6.45) is 1.82. The molecule has 0 aliphatic heterocycles. The molecule has 1 amide bonds. The molecule has 0 bridgehead atoms. The van der Waals surface area contributed by atoms with Gasteiger partial charge in [0, 0.05) is 30.8 Å². The average Bonchev–Trinajstić information content (AvgIpc) is 2.65. The number of anilines is 2. The molecular formula is C20H26ClN3O3S. The van der Waals surface area contributed by atoms with Gasteiger partial charge in [0.1, 0.15) is 6.54 Å². The molecule has 0 atom stereocenters. The molecule has 28 heavy (non-hydrogen) atoms. The molecule has 2 aromatic carbocycles. The average molecular weight is 424 g/mol. The molecule has 2 rings (SSSR count). The van der Waals surface area contributed by atoms with E-state index in [0.29, 0.717) is 17.3 Å². The number of hydrogen-bond donors (Lipinski definition) is 1. The number of para-hydroxylation sites is 1. The highest BCUT2D eigenvalue weighted by atomic mass is 35.5. The predicted molar refractivity (Wildman–Crippen MR) is 116 cm³/mol. The summed E-state index contributed by atoms with van der Waals surface area (Å²) in [6, 6.07) is 14.9. The zero-order valence-electron chi connectivity index (χ0n) is 16.4. The van der Waals surface area contributed by atoms with Gasteiger partial charge in [-0.15, -0.1) is 0 Å². The Labute approximate surface area is 172 Å². The third kappa shape index (κ3) is 6.42. The molecular weight excluding hydrogens is 398 g/mol. The lowest BCUT2D eigenvalue weighted by Crippen LogP contribution is -2.41. The van der Waals surface area contributed by atoms with Crippen LogP contribution in [0.3, 0.4) is 0 Å². The smallest absolute Gasteiger partial charge is 0.240 e. The van der Waals surface area contributed by atoms with E-state index in [4.69, 9.17) is 11.6 Å². The molecule has 6 nitrogen and oxygen atoms in total. The Bertz CT molecular complexity index is 904. The zero-order valence-corrected chi connectivity index (χ0v) is 17.9. The van der Waals surface area contributed by atoms with Crippen LogP contribution in [0.25, 0.3) is 0 Å². The first kappa shape index (κ1) is 22.0. The normalized spacial score (nSPS) is 11.1. The van der Waals surface area contributed by atoms with E-state index < -0.39 is 10.0 Å². The quantitative estimate of drug-likeness (QED) is 0.629. The van der Waals surface area contributed by atoms with Gasteiger partial charge in [0.05, 0.1) is 11.9 Å². The van der Waals surface area contributed by atoms with Crippen molar-refractivity contribution < 1.29 is 13.2 Å². The minimum Gasteiger partial charge on any atom is -0.375 e. The van der Waals surface area contributed by atoms with Crippen LogP contribution in [0.4, 0.5) is 11.4 Å². The number of nitrogens with zero attached hydrogens (tertiary/aromatic N) is 2. The Balaban J connectivity index is 1.91. The zero-order chi connectivity index (χ0) is 20.7. The molecule has 152 valence electrons. The van der Waals surface area contributed by atoms with Crippen molar-refractivity contribution in [3.63, 3.8) is 0 Å². The molecule has 0 radical (unpaired) electrons. The van der Waals surface area contributed by atoms with E-state index in [1.807, 2.05) is 37.4 Å². The molecule has 0 spiro atoms. The fourth-order valence-electron chi connectivity index (χ4n) is 2.77. The molecule has 0 saturated heterocycles. The SMILES string of the molecule is Cc1ccc(Cl)cc1N(CC(=O)NCCCN(C)c1ccccc1)S(C)(=O)=O. The second kappa shape index (κ2) is 9.80. The summed E-state index contributed by atoms with van der Waals surface area (Å²) < 4.78 is 25.5. The summed E-state index contributed by atoms with van der Waals surface area (Å²) in [5, 5.41) is 3.21. The highest BCUT2D eigenvalue weighted by Crippen LogP contribution is 2.26. The van der Waals surface area contributed by atoms with Gasteiger partial charge in [0.2, 0.25) is 15.9 Å². The van der Waals surface area contributed by atoms with Gasteiger partial charge in [0.25, 0.3) is 0 Å². The second-order valence-corrected chi connectivity index (χ2v) is 9.00. The van der Waals surface area contributed by atoms with Crippen LogP contribution in [0.1, 0.15) is 12.0 Å². The van der Waals surface area contributed by atoms with Crippen molar-refractivity contribution in [1.29, 1.82) is 0 Å². The lowest BCUT2D eigenvalue weighted by Gasteiger charge is -2.24. The summed E-state index contributed by atoms with van der Waals surface area (Å²) in [5.74, 6) is -0.354. The molecule has 0 fully saturated rings. The van der Waals surface area contributed by atoms with Crippen molar-refractivity contribution in [3.05, 3.63) is 59.1 Å². The monoisotopic (exact) mass is 423 g/mol. The molecule has 0 aromatic heterocycles. The van der Waals surface area contributed by atoms with Crippen LogP contribution in [-0.4, -0.2) is 47.3 Å². The summed E-state index contributed by atoms with van der Waals surface area (Å²) in [6.45, 7) is 2.73. The van der Waals surface area contributed by atoms with Crippen molar-refractivity contribution in [2.75, 3.05) is 42.1 Å². The maximum Gasteiger partial charge on any atom is 0.240 e. The first-order valence-electron chi connectivity index (χ1n) is 8.95. The number of carbonyl (C=O) groups excluding carboxylic acids is 1. The number of hydrogen-bond acceptors (Lipinski definition) is 4. The summed E-state index contributed by atoms with van der Waals surface area (Å²) in [4.78, 5) is 14.4. The Morgan fingerprint density at radius 2 is 1.82 bits per heavy atom. The largest absolute Gasteiger partial charge is 0.375 e. The Hall–Kier alpha value is -2.25. The first-order chi connectivity index (χ1) is 13.2. The number of carbonyl (C=O) groups is 1. The van der Waals surface area contributed by atoms with E-state index in [1.165, 1.54) is 0 Å².